The predicted molar refractivity (Wildman–Crippen MR) is 109 cm³/mol. The van der Waals surface area contributed by atoms with Gasteiger partial charge in [-0.3, -0.25) is 4.99 Å². The number of unbranched alkanes of at least 4 members (excludes halogenated alkanes) is 1. The number of benzene rings is 1. The maximum Gasteiger partial charge on any atom is 0.222 e. The van der Waals surface area contributed by atoms with Crippen molar-refractivity contribution in [3.8, 4) is 5.75 Å². The molecule has 0 bridgehead atoms. The van der Waals surface area contributed by atoms with E-state index >= 15 is 0 Å². The van der Waals surface area contributed by atoms with Gasteiger partial charge in [0.25, 0.3) is 0 Å². The Morgan fingerprint density at radius 1 is 1.30 bits per heavy atom. The van der Waals surface area contributed by atoms with Crippen LogP contribution in [-0.2, 0) is 0 Å². The molecule has 1 aromatic carbocycles. The molecule has 0 fully saturated rings. The van der Waals surface area contributed by atoms with E-state index in [1.54, 1.807) is 6.20 Å². The largest absolute Gasteiger partial charge is 0.482 e. The van der Waals surface area contributed by atoms with Crippen LogP contribution in [0.15, 0.2) is 47.2 Å². The molecule has 3 heterocycles. The molecule has 7 nitrogen and oxygen atoms in total. The minimum Gasteiger partial charge on any atom is -0.482 e. The first-order valence-electron chi connectivity index (χ1n) is 9.34. The number of para-hydroxylation sites is 1. The highest BCUT2D eigenvalue weighted by Gasteiger charge is 2.31. The van der Waals surface area contributed by atoms with Gasteiger partial charge < -0.3 is 21.1 Å². The number of nitrogens with zero attached hydrogens (tertiary/aromatic N) is 3. The molecule has 0 amide bonds. The fourth-order valence-corrected chi connectivity index (χ4v) is 3.37. The molecule has 2 atom stereocenters. The third-order valence-electron chi connectivity index (χ3n) is 4.77. The van der Waals surface area contributed by atoms with E-state index in [1.807, 2.05) is 12.3 Å². The van der Waals surface area contributed by atoms with Gasteiger partial charge in [-0.2, -0.15) is 4.98 Å². The number of anilines is 3. The standard InChI is InChI=1S/C20H24N6O/c1-2-3-8-22-19-18(11-24-20(21)26-19)27-12-13-9-15-14-6-4-5-7-16(14)25-17(15)10-23-13/h4-7,9-11,15,17,25H,2-3,8,12H2,1H3,(H3,21,22,24,26). The normalized spacial score (nSPS) is 19.7. The first kappa shape index (κ1) is 17.3. The molecular formula is C20H24N6O. The molecule has 0 aliphatic carbocycles. The van der Waals surface area contributed by atoms with Crippen molar-refractivity contribution in [2.24, 2.45) is 4.99 Å². The number of hydrogen-bond donors (Lipinski definition) is 3. The fraction of sp³-hybridized carbons (Fsp3) is 0.350. The SMILES string of the molecule is CCCCNc1nc(N)ncc1OCC1=CC2c3ccccc3NC2C=N1. The average molecular weight is 364 g/mol. The van der Waals surface area contributed by atoms with Crippen molar-refractivity contribution in [1.82, 2.24) is 9.97 Å². The highest BCUT2D eigenvalue weighted by Crippen LogP contribution is 2.38. The minimum absolute atomic E-state index is 0.206. The zero-order chi connectivity index (χ0) is 18.6. The van der Waals surface area contributed by atoms with Gasteiger partial charge >= 0.3 is 0 Å². The molecule has 0 saturated heterocycles. The minimum atomic E-state index is 0.206. The Labute approximate surface area is 158 Å². The number of fused-ring (bicyclic) bond motifs is 3. The summed E-state index contributed by atoms with van der Waals surface area (Å²) in [5.74, 6) is 1.72. The topological polar surface area (TPSA) is 97.5 Å². The van der Waals surface area contributed by atoms with Gasteiger partial charge in [-0.1, -0.05) is 31.5 Å². The summed E-state index contributed by atoms with van der Waals surface area (Å²) >= 11 is 0. The Bertz CT molecular complexity index is 879. The van der Waals surface area contributed by atoms with Crippen molar-refractivity contribution >= 4 is 23.7 Å². The Hall–Kier alpha value is -3.09. The molecule has 4 rings (SSSR count). The van der Waals surface area contributed by atoms with Crippen LogP contribution in [0, 0.1) is 0 Å². The number of nitrogens with one attached hydrogen (secondary N) is 2. The smallest absolute Gasteiger partial charge is 0.222 e. The highest BCUT2D eigenvalue weighted by molar-refractivity contribution is 5.80. The lowest BCUT2D eigenvalue weighted by atomic mass is 9.93. The molecule has 2 aliphatic heterocycles. The van der Waals surface area contributed by atoms with Gasteiger partial charge in [0.2, 0.25) is 5.95 Å². The Kier molecular flexibility index (Phi) is 4.91. The van der Waals surface area contributed by atoms with Crippen LogP contribution in [0.5, 0.6) is 5.75 Å². The predicted octanol–water partition coefficient (Wildman–Crippen LogP) is 3.20. The molecule has 0 spiro atoms. The van der Waals surface area contributed by atoms with Crippen molar-refractivity contribution < 1.29 is 4.74 Å². The van der Waals surface area contributed by atoms with Crippen LogP contribution in [0.3, 0.4) is 0 Å². The van der Waals surface area contributed by atoms with E-state index in [2.05, 4.69) is 56.8 Å². The molecular weight excluding hydrogens is 340 g/mol. The quantitative estimate of drug-likeness (QED) is 0.653. The Morgan fingerprint density at radius 2 is 2.19 bits per heavy atom. The lowest BCUT2D eigenvalue weighted by Crippen LogP contribution is -2.24. The first-order valence-corrected chi connectivity index (χ1v) is 9.34. The van der Waals surface area contributed by atoms with E-state index in [0.717, 1.165) is 25.1 Å². The lowest BCUT2D eigenvalue weighted by Gasteiger charge is -2.19. The summed E-state index contributed by atoms with van der Waals surface area (Å²) in [4.78, 5) is 12.9. The van der Waals surface area contributed by atoms with Crippen molar-refractivity contribution in [2.75, 3.05) is 29.5 Å². The molecule has 2 unspecified atom stereocenters. The second-order valence-corrected chi connectivity index (χ2v) is 6.73. The highest BCUT2D eigenvalue weighted by atomic mass is 16.5. The second-order valence-electron chi connectivity index (χ2n) is 6.73. The summed E-state index contributed by atoms with van der Waals surface area (Å²) in [6, 6.07) is 8.58. The molecule has 140 valence electrons. The molecule has 2 aromatic rings. The van der Waals surface area contributed by atoms with Crippen LogP contribution in [0.1, 0.15) is 31.2 Å². The second kappa shape index (κ2) is 7.65. The van der Waals surface area contributed by atoms with Gasteiger partial charge in [-0.15, -0.1) is 0 Å². The van der Waals surface area contributed by atoms with Crippen molar-refractivity contribution in [3.63, 3.8) is 0 Å². The summed E-state index contributed by atoms with van der Waals surface area (Å²) in [6.45, 7) is 3.32. The summed E-state index contributed by atoms with van der Waals surface area (Å²) in [5.41, 5.74) is 9.08. The number of rotatable bonds is 7. The maximum atomic E-state index is 5.95. The zero-order valence-corrected chi connectivity index (χ0v) is 15.4. The molecule has 2 aliphatic rings. The van der Waals surface area contributed by atoms with E-state index < -0.39 is 0 Å². The fourth-order valence-electron chi connectivity index (χ4n) is 3.37. The third-order valence-corrected chi connectivity index (χ3v) is 4.77. The van der Waals surface area contributed by atoms with Crippen LogP contribution in [-0.4, -0.2) is 35.4 Å². The number of aliphatic imine (C=N–C) groups is 1. The summed E-state index contributed by atoms with van der Waals surface area (Å²) in [6.07, 6.45) is 7.89. The number of aromatic nitrogens is 2. The number of hydrogen-bond acceptors (Lipinski definition) is 7. The summed E-state index contributed by atoms with van der Waals surface area (Å²) in [7, 11) is 0. The van der Waals surface area contributed by atoms with Crippen molar-refractivity contribution in [2.45, 2.75) is 31.7 Å². The first-order chi connectivity index (χ1) is 13.2. The van der Waals surface area contributed by atoms with E-state index in [0.29, 0.717) is 18.2 Å². The van der Waals surface area contributed by atoms with E-state index in [-0.39, 0.29) is 17.9 Å². The molecule has 0 radical (unpaired) electrons. The van der Waals surface area contributed by atoms with Crippen LogP contribution < -0.4 is 21.1 Å². The molecule has 1 aromatic heterocycles. The van der Waals surface area contributed by atoms with Crippen LogP contribution in [0.25, 0.3) is 0 Å². The van der Waals surface area contributed by atoms with Gasteiger partial charge in [-0.25, -0.2) is 4.98 Å². The van der Waals surface area contributed by atoms with Gasteiger partial charge in [0.05, 0.1) is 17.9 Å². The Morgan fingerprint density at radius 3 is 3.07 bits per heavy atom. The van der Waals surface area contributed by atoms with Crippen LogP contribution in [0.4, 0.5) is 17.5 Å². The summed E-state index contributed by atoms with van der Waals surface area (Å²) < 4.78 is 5.95. The van der Waals surface area contributed by atoms with Gasteiger partial charge in [-0.05, 0) is 24.1 Å². The van der Waals surface area contributed by atoms with Gasteiger partial charge in [0, 0.05) is 24.4 Å². The molecule has 0 saturated carbocycles. The monoisotopic (exact) mass is 364 g/mol. The third kappa shape index (κ3) is 3.72. The van der Waals surface area contributed by atoms with Gasteiger partial charge in [0.1, 0.15) is 6.61 Å². The van der Waals surface area contributed by atoms with E-state index in [4.69, 9.17) is 10.5 Å². The summed E-state index contributed by atoms with van der Waals surface area (Å²) in [5, 5.41) is 6.76. The average Bonchev–Trinajstić information content (AvgIpc) is 3.05. The molecule has 4 N–H and O–H groups in total. The Balaban J connectivity index is 1.46. The van der Waals surface area contributed by atoms with Crippen LogP contribution in [0.2, 0.25) is 0 Å². The van der Waals surface area contributed by atoms with Gasteiger partial charge in [0.15, 0.2) is 11.6 Å². The number of nitrogen functional groups attached to an aromatic ring is 1. The van der Waals surface area contributed by atoms with Crippen molar-refractivity contribution in [3.05, 3.63) is 47.8 Å². The molecule has 27 heavy (non-hydrogen) atoms. The zero-order valence-electron chi connectivity index (χ0n) is 15.4. The van der Waals surface area contributed by atoms with E-state index in [9.17, 15) is 0 Å². The lowest BCUT2D eigenvalue weighted by molar-refractivity contribution is 0.348. The van der Waals surface area contributed by atoms with Crippen LogP contribution >= 0.6 is 0 Å². The molecule has 7 heteroatoms. The number of ether oxygens (including phenoxy) is 1. The van der Waals surface area contributed by atoms with E-state index in [1.165, 1.54) is 11.3 Å². The van der Waals surface area contributed by atoms with Crippen molar-refractivity contribution in [1.29, 1.82) is 0 Å². The number of nitrogens with two attached hydrogens (primary N) is 1. The maximum absolute atomic E-state index is 5.95.